The van der Waals surface area contributed by atoms with E-state index in [1.165, 1.54) is 27.9 Å². The van der Waals surface area contributed by atoms with Crippen LogP contribution in [0.2, 0.25) is 0 Å². The maximum Gasteiger partial charge on any atom is 0.292 e. The summed E-state index contributed by atoms with van der Waals surface area (Å²) in [5, 5.41) is 3.61. The number of fused-ring (bicyclic) bond motifs is 1. The van der Waals surface area contributed by atoms with E-state index in [4.69, 9.17) is 14.0 Å². The Morgan fingerprint density at radius 1 is 1.40 bits per heavy atom. The highest BCUT2D eigenvalue weighted by Crippen LogP contribution is 2.25. The molecule has 0 aromatic carbocycles. The van der Waals surface area contributed by atoms with E-state index in [-0.39, 0.29) is 61.2 Å². The van der Waals surface area contributed by atoms with Crippen LogP contribution in [0.3, 0.4) is 0 Å². The first-order valence-electron chi connectivity index (χ1n) is 7.82. The van der Waals surface area contributed by atoms with Gasteiger partial charge in [0.1, 0.15) is 13.2 Å². The SMILES string of the molecule is COc1cc(C(=O)N2C[C@@H]3[C@@H](C2)OCC(=O)N3CC(=O)N(C)C)on1. The van der Waals surface area contributed by atoms with E-state index in [0.717, 1.165) is 0 Å². The standard InChI is InChI=1S/C15H20N4O6/c1-17(2)13(20)7-19-9-5-18(6-11(9)24-8-14(19)21)15(22)10-4-12(23-3)16-25-10/h4,9,11H,5-8H2,1-3H3/t9-,11-/m1/s1. The van der Waals surface area contributed by atoms with E-state index in [9.17, 15) is 14.4 Å². The van der Waals surface area contributed by atoms with Crippen LogP contribution in [0.5, 0.6) is 5.88 Å². The summed E-state index contributed by atoms with van der Waals surface area (Å²) in [5.41, 5.74) is 0. The highest BCUT2D eigenvalue weighted by Gasteiger charge is 2.45. The second kappa shape index (κ2) is 6.71. The highest BCUT2D eigenvalue weighted by molar-refractivity contribution is 5.92. The monoisotopic (exact) mass is 352 g/mol. The zero-order valence-corrected chi connectivity index (χ0v) is 14.3. The summed E-state index contributed by atoms with van der Waals surface area (Å²) in [6.45, 7) is 0.444. The third-order valence-corrected chi connectivity index (χ3v) is 4.38. The van der Waals surface area contributed by atoms with Crippen molar-refractivity contribution in [1.29, 1.82) is 0 Å². The van der Waals surface area contributed by atoms with Gasteiger partial charge in [0.2, 0.25) is 17.6 Å². The number of hydrogen-bond acceptors (Lipinski definition) is 7. The lowest BCUT2D eigenvalue weighted by atomic mass is 10.1. The second-order valence-corrected chi connectivity index (χ2v) is 6.17. The van der Waals surface area contributed by atoms with Crippen LogP contribution in [0.4, 0.5) is 0 Å². The fourth-order valence-corrected chi connectivity index (χ4v) is 2.94. The van der Waals surface area contributed by atoms with Crippen molar-refractivity contribution >= 4 is 17.7 Å². The zero-order valence-electron chi connectivity index (χ0n) is 14.3. The van der Waals surface area contributed by atoms with Crippen LogP contribution in [-0.4, -0.2) is 97.2 Å². The molecular weight excluding hydrogens is 332 g/mol. The van der Waals surface area contributed by atoms with Crippen LogP contribution in [0.1, 0.15) is 10.6 Å². The molecule has 2 fully saturated rings. The normalized spacial score (nSPS) is 22.8. The molecular formula is C15H20N4O6. The number of ether oxygens (including phenoxy) is 2. The quantitative estimate of drug-likeness (QED) is 0.672. The maximum absolute atomic E-state index is 12.5. The van der Waals surface area contributed by atoms with Crippen molar-refractivity contribution < 1.29 is 28.4 Å². The third kappa shape index (κ3) is 3.29. The number of morpholine rings is 1. The molecule has 1 aromatic heterocycles. The molecule has 0 aliphatic carbocycles. The molecule has 1 aromatic rings. The lowest BCUT2D eigenvalue weighted by molar-refractivity contribution is -0.156. The second-order valence-electron chi connectivity index (χ2n) is 6.17. The largest absolute Gasteiger partial charge is 0.479 e. The van der Waals surface area contributed by atoms with Crippen molar-refractivity contribution in [3.05, 3.63) is 11.8 Å². The summed E-state index contributed by atoms with van der Waals surface area (Å²) >= 11 is 0. The number of rotatable bonds is 4. The fraction of sp³-hybridized carbons (Fsp3) is 0.600. The van der Waals surface area contributed by atoms with Gasteiger partial charge in [-0.05, 0) is 5.16 Å². The van der Waals surface area contributed by atoms with Crippen LogP contribution in [0, 0.1) is 0 Å². The molecule has 0 radical (unpaired) electrons. The van der Waals surface area contributed by atoms with Crippen LogP contribution >= 0.6 is 0 Å². The molecule has 3 rings (SSSR count). The molecule has 0 N–H and O–H groups in total. The summed E-state index contributed by atoms with van der Waals surface area (Å²) in [7, 11) is 4.69. The Morgan fingerprint density at radius 3 is 2.80 bits per heavy atom. The molecule has 0 spiro atoms. The Morgan fingerprint density at radius 2 is 2.16 bits per heavy atom. The summed E-state index contributed by atoms with van der Waals surface area (Å²) in [6.07, 6.45) is -0.332. The van der Waals surface area contributed by atoms with Crippen molar-refractivity contribution in [1.82, 2.24) is 19.9 Å². The minimum atomic E-state index is -0.362. The Balaban J connectivity index is 1.72. The van der Waals surface area contributed by atoms with Crippen molar-refractivity contribution in [3.8, 4) is 5.88 Å². The first-order valence-corrected chi connectivity index (χ1v) is 7.82. The summed E-state index contributed by atoms with van der Waals surface area (Å²) in [4.78, 5) is 41.1. The molecule has 3 heterocycles. The predicted molar refractivity (Wildman–Crippen MR) is 82.9 cm³/mol. The lowest BCUT2D eigenvalue weighted by Crippen LogP contribution is -2.56. The molecule has 136 valence electrons. The molecule has 0 unspecified atom stereocenters. The van der Waals surface area contributed by atoms with E-state index < -0.39 is 0 Å². The van der Waals surface area contributed by atoms with Crippen LogP contribution in [0.25, 0.3) is 0 Å². The van der Waals surface area contributed by atoms with Gasteiger partial charge in [0.25, 0.3) is 11.8 Å². The summed E-state index contributed by atoms with van der Waals surface area (Å²) in [6, 6.07) is 1.04. The number of hydrogen-bond donors (Lipinski definition) is 0. The first-order chi connectivity index (χ1) is 11.9. The van der Waals surface area contributed by atoms with Gasteiger partial charge < -0.3 is 28.7 Å². The predicted octanol–water partition coefficient (Wildman–Crippen LogP) is -1.18. The maximum atomic E-state index is 12.5. The molecule has 2 aliphatic rings. The third-order valence-electron chi connectivity index (χ3n) is 4.38. The zero-order chi connectivity index (χ0) is 18.1. The molecule has 25 heavy (non-hydrogen) atoms. The average Bonchev–Trinajstić information content (AvgIpc) is 3.23. The molecule has 0 bridgehead atoms. The molecule has 2 saturated heterocycles. The Kier molecular flexibility index (Phi) is 4.62. The first kappa shape index (κ1) is 17.2. The van der Waals surface area contributed by atoms with E-state index in [1.807, 2.05) is 0 Å². The fourth-order valence-electron chi connectivity index (χ4n) is 2.94. The van der Waals surface area contributed by atoms with Gasteiger partial charge in [0.15, 0.2) is 0 Å². The molecule has 10 heteroatoms. The Hall–Kier alpha value is -2.62. The number of carbonyl (C=O) groups excluding carboxylic acids is 3. The summed E-state index contributed by atoms with van der Waals surface area (Å²) < 4.78 is 15.4. The number of methoxy groups -OCH3 is 1. The minimum absolute atomic E-state index is 0.0332. The van der Waals surface area contributed by atoms with Gasteiger partial charge in [-0.15, -0.1) is 0 Å². The topological polar surface area (TPSA) is 105 Å². The number of likely N-dealkylation sites (tertiary alicyclic amines) is 1. The van der Waals surface area contributed by atoms with Crippen molar-refractivity contribution in [2.24, 2.45) is 0 Å². The average molecular weight is 352 g/mol. The Bertz CT molecular complexity index is 687. The van der Waals surface area contributed by atoms with Crippen molar-refractivity contribution in [2.75, 3.05) is 47.4 Å². The van der Waals surface area contributed by atoms with E-state index in [2.05, 4.69) is 5.16 Å². The molecule has 3 amide bonds. The Labute approximate surface area is 144 Å². The van der Waals surface area contributed by atoms with Crippen LogP contribution < -0.4 is 4.74 Å². The van der Waals surface area contributed by atoms with Gasteiger partial charge in [-0.3, -0.25) is 14.4 Å². The van der Waals surface area contributed by atoms with E-state index in [0.29, 0.717) is 6.54 Å². The van der Waals surface area contributed by atoms with Crippen LogP contribution in [0.15, 0.2) is 10.6 Å². The van der Waals surface area contributed by atoms with Gasteiger partial charge in [0.05, 0.1) is 25.3 Å². The van der Waals surface area contributed by atoms with Crippen LogP contribution in [-0.2, 0) is 14.3 Å². The van der Waals surface area contributed by atoms with Gasteiger partial charge in [-0.25, -0.2) is 0 Å². The number of nitrogens with zero attached hydrogens (tertiary/aromatic N) is 4. The van der Waals surface area contributed by atoms with Gasteiger partial charge in [-0.2, -0.15) is 0 Å². The molecule has 2 atom stereocenters. The van der Waals surface area contributed by atoms with E-state index >= 15 is 0 Å². The molecule has 0 saturated carbocycles. The van der Waals surface area contributed by atoms with Gasteiger partial charge in [0, 0.05) is 27.2 Å². The van der Waals surface area contributed by atoms with Gasteiger partial charge in [-0.1, -0.05) is 0 Å². The van der Waals surface area contributed by atoms with Gasteiger partial charge >= 0.3 is 0 Å². The minimum Gasteiger partial charge on any atom is -0.479 e. The number of amides is 3. The number of likely N-dealkylation sites (N-methyl/N-ethyl adjacent to an activating group) is 1. The van der Waals surface area contributed by atoms with E-state index in [1.54, 1.807) is 14.1 Å². The van der Waals surface area contributed by atoms with Crippen molar-refractivity contribution in [2.45, 2.75) is 12.1 Å². The molecule has 10 nitrogen and oxygen atoms in total. The summed E-state index contributed by atoms with van der Waals surface area (Å²) in [5.74, 6) is -0.534. The number of aromatic nitrogens is 1. The highest BCUT2D eigenvalue weighted by atomic mass is 16.5. The number of carbonyl (C=O) groups is 3. The molecule has 2 aliphatic heterocycles. The van der Waals surface area contributed by atoms with Crippen molar-refractivity contribution in [3.63, 3.8) is 0 Å². The smallest absolute Gasteiger partial charge is 0.292 e. The lowest BCUT2D eigenvalue weighted by Gasteiger charge is -2.36.